The number of carbonyl (C=O) groups is 2. The van der Waals surface area contributed by atoms with Gasteiger partial charge < -0.3 is 4.74 Å². The molecule has 0 aliphatic carbocycles. The van der Waals surface area contributed by atoms with Crippen molar-refractivity contribution < 1.29 is 14.3 Å². The Labute approximate surface area is 147 Å². The summed E-state index contributed by atoms with van der Waals surface area (Å²) in [6, 6.07) is 17.4. The van der Waals surface area contributed by atoms with Crippen LogP contribution in [0, 0.1) is 5.41 Å². The summed E-state index contributed by atoms with van der Waals surface area (Å²) in [5, 5.41) is 0. The number of hydrogen-bond acceptors (Lipinski definition) is 4. The van der Waals surface area contributed by atoms with Gasteiger partial charge in [-0.25, -0.2) is 4.79 Å². The molecule has 0 unspecified atom stereocenters. The summed E-state index contributed by atoms with van der Waals surface area (Å²) in [5.41, 5.74) is 1.18. The predicted molar refractivity (Wildman–Crippen MR) is 97.2 cm³/mol. The van der Waals surface area contributed by atoms with Gasteiger partial charge in [0.2, 0.25) is 0 Å². The van der Waals surface area contributed by atoms with Gasteiger partial charge in [0.05, 0.1) is 5.56 Å². The summed E-state index contributed by atoms with van der Waals surface area (Å²) in [6.45, 7) is 5.24. The Bertz CT molecular complexity index is 702. The minimum absolute atomic E-state index is 0.0923. The van der Waals surface area contributed by atoms with Crippen molar-refractivity contribution in [2.75, 3.05) is 6.61 Å². The molecule has 0 heterocycles. The first-order valence-corrected chi connectivity index (χ1v) is 8.82. The maximum atomic E-state index is 12.3. The molecule has 2 rings (SSSR count). The van der Waals surface area contributed by atoms with Gasteiger partial charge >= 0.3 is 5.97 Å². The summed E-state index contributed by atoms with van der Waals surface area (Å²) in [6.07, 6.45) is 0. The highest BCUT2D eigenvalue weighted by atomic mass is 32.2. The minimum Gasteiger partial charge on any atom is -0.454 e. The zero-order valence-electron chi connectivity index (χ0n) is 14.2. The zero-order valence-corrected chi connectivity index (χ0v) is 15.1. The topological polar surface area (TPSA) is 43.4 Å². The van der Waals surface area contributed by atoms with E-state index >= 15 is 0 Å². The lowest BCUT2D eigenvalue weighted by Crippen LogP contribution is -2.26. The second-order valence-electron chi connectivity index (χ2n) is 6.52. The lowest BCUT2D eigenvalue weighted by atomic mass is 9.91. The summed E-state index contributed by atoms with van der Waals surface area (Å²) in [4.78, 5) is 25.1. The third-order valence-electron chi connectivity index (χ3n) is 3.52. The van der Waals surface area contributed by atoms with Crippen molar-refractivity contribution in [3.05, 3.63) is 65.7 Å². The van der Waals surface area contributed by atoms with Crippen LogP contribution in [0.1, 0.15) is 36.7 Å². The number of thioether (sulfide) groups is 1. The molecule has 0 bridgehead atoms. The molecule has 4 heteroatoms. The van der Waals surface area contributed by atoms with Gasteiger partial charge in [0, 0.05) is 16.1 Å². The highest BCUT2D eigenvalue weighted by Crippen LogP contribution is 2.27. The molecule has 2 aromatic carbocycles. The zero-order chi connectivity index (χ0) is 17.6. The van der Waals surface area contributed by atoms with Crippen LogP contribution < -0.4 is 0 Å². The van der Waals surface area contributed by atoms with Gasteiger partial charge in [0.25, 0.3) is 0 Å². The standard InChI is InChI=1S/C20H22O3S/c1-20(2,3)18(21)13-23-19(22)16-11-7-8-12-17(16)24-14-15-9-5-4-6-10-15/h4-12H,13-14H2,1-3H3. The van der Waals surface area contributed by atoms with E-state index in [0.29, 0.717) is 5.56 Å². The fourth-order valence-corrected chi connectivity index (χ4v) is 2.92. The average molecular weight is 342 g/mol. The molecule has 0 saturated heterocycles. The van der Waals surface area contributed by atoms with E-state index in [-0.39, 0.29) is 12.4 Å². The van der Waals surface area contributed by atoms with E-state index < -0.39 is 11.4 Å². The van der Waals surface area contributed by atoms with E-state index in [2.05, 4.69) is 12.1 Å². The van der Waals surface area contributed by atoms with E-state index in [0.717, 1.165) is 10.6 Å². The second-order valence-corrected chi connectivity index (χ2v) is 7.54. The van der Waals surface area contributed by atoms with Gasteiger partial charge in [-0.3, -0.25) is 4.79 Å². The van der Waals surface area contributed by atoms with Crippen LogP contribution in [0.15, 0.2) is 59.5 Å². The summed E-state index contributed by atoms with van der Waals surface area (Å²) >= 11 is 1.58. The Kier molecular flexibility index (Phi) is 6.21. The van der Waals surface area contributed by atoms with Crippen molar-refractivity contribution in [1.82, 2.24) is 0 Å². The van der Waals surface area contributed by atoms with Crippen LogP contribution in [0.5, 0.6) is 0 Å². The number of Topliss-reactive ketones (excluding diaryl/α,β-unsaturated/α-hetero) is 1. The van der Waals surface area contributed by atoms with Gasteiger partial charge in [0.15, 0.2) is 12.4 Å². The smallest absolute Gasteiger partial charge is 0.339 e. The Morgan fingerprint density at radius 2 is 1.58 bits per heavy atom. The lowest BCUT2D eigenvalue weighted by molar-refractivity contribution is -0.129. The van der Waals surface area contributed by atoms with E-state index in [1.54, 1.807) is 23.9 Å². The van der Waals surface area contributed by atoms with Crippen LogP contribution in [-0.4, -0.2) is 18.4 Å². The molecular weight excluding hydrogens is 320 g/mol. The maximum absolute atomic E-state index is 12.3. The van der Waals surface area contributed by atoms with Crippen LogP contribution >= 0.6 is 11.8 Å². The molecule has 3 nitrogen and oxygen atoms in total. The summed E-state index contributed by atoms with van der Waals surface area (Å²) in [7, 11) is 0. The molecule has 0 spiro atoms. The van der Waals surface area contributed by atoms with E-state index in [1.807, 2.05) is 51.1 Å². The predicted octanol–water partition coefficient (Wildman–Crippen LogP) is 4.75. The third kappa shape index (κ3) is 5.24. The molecule has 2 aromatic rings. The molecule has 0 aliphatic heterocycles. The monoisotopic (exact) mass is 342 g/mol. The highest BCUT2D eigenvalue weighted by Gasteiger charge is 2.23. The number of benzene rings is 2. The number of hydrogen-bond donors (Lipinski definition) is 0. The SMILES string of the molecule is CC(C)(C)C(=O)COC(=O)c1ccccc1SCc1ccccc1. The van der Waals surface area contributed by atoms with Gasteiger partial charge in [0.1, 0.15) is 0 Å². The fraction of sp³-hybridized carbons (Fsp3) is 0.300. The van der Waals surface area contributed by atoms with E-state index in [1.165, 1.54) is 5.56 Å². The van der Waals surface area contributed by atoms with Gasteiger partial charge in [-0.15, -0.1) is 11.8 Å². The molecule has 0 aliphatic rings. The third-order valence-corrected chi connectivity index (χ3v) is 4.66. The quantitative estimate of drug-likeness (QED) is 0.561. The second kappa shape index (κ2) is 8.15. The van der Waals surface area contributed by atoms with Gasteiger partial charge in [-0.05, 0) is 17.7 Å². The van der Waals surface area contributed by atoms with Crippen molar-refractivity contribution in [3.8, 4) is 0 Å². The first-order valence-electron chi connectivity index (χ1n) is 7.84. The molecule has 0 radical (unpaired) electrons. The molecule has 0 aromatic heterocycles. The first kappa shape index (κ1) is 18.3. The number of esters is 1. The van der Waals surface area contributed by atoms with Gasteiger partial charge in [-0.1, -0.05) is 63.2 Å². The van der Waals surface area contributed by atoms with Crippen LogP contribution in [0.25, 0.3) is 0 Å². The number of rotatable bonds is 6. The normalized spacial score (nSPS) is 11.1. The van der Waals surface area contributed by atoms with Crippen molar-refractivity contribution in [1.29, 1.82) is 0 Å². The van der Waals surface area contributed by atoms with Crippen molar-refractivity contribution >= 4 is 23.5 Å². The Morgan fingerprint density at radius 1 is 0.958 bits per heavy atom. The number of ether oxygens (including phenoxy) is 1. The molecule has 0 N–H and O–H groups in total. The summed E-state index contributed by atoms with van der Waals surface area (Å²) < 4.78 is 5.21. The average Bonchev–Trinajstić information content (AvgIpc) is 2.58. The first-order chi connectivity index (χ1) is 11.4. The van der Waals surface area contributed by atoms with E-state index in [4.69, 9.17) is 4.74 Å². The Balaban J connectivity index is 2.02. The van der Waals surface area contributed by atoms with Crippen molar-refractivity contribution in [3.63, 3.8) is 0 Å². The molecule has 24 heavy (non-hydrogen) atoms. The van der Waals surface area contributed by atoms with Crippen LogP contribution in [0.2, 0.25) is 0 Å². The van der Waals surface area contributed by atoms with Crippen LogP contribution in [-0.2, 0) is 15.3 Å². The highest BCUT2D eigenvalue weighted by molar-refractivity contribution is 7.98. The summed E-state index contributed by atoms with van der Waals surface area (Å²) in [5.74, 6) is 0.223. The maximum Gasteiger partial charge on any atom is 0.339 e. The largest absolute Gasteiger partial charge is 0.454 e. The van der Waals surface area contributed by atoms with Crippen molar-refractivity contribution in [2.45, 2.75) is 31.4 Å². The van der Waals surface area contributed by atoms with Crippen LogP contribution in [0.3, 0.4) is 0 Å². The Morgan fingerprint density at radius 3 is 2.25 bits per heavy atom. The minimum atomic E-state index is -0.512. The molecule has 0 saturated carbocycles. The Hall–Kier alpha value is -2.07. The molecule has 0 fully saturated rings. The molecule has 126 valence electrons. The lowest BCUT2D eigenvalue weighted by Gasteiger charge is -2.16. The molecule has 0 amide bonds. The van der Waals surface area contributed by atoms with E-state index in [9.17, 15) is 9.59 Å². The van der Waals surface area contributed by atoms with Crippen LogP contribution in [0.4, 0.5) is 0 Å². The number of carbonyl (C=O) groups excluding carboxylic acids is 2. The van der Waals surface area contributed by atoms with Crippen molar-refractivity contribution in [2.24, 2.45) is 5.41 Å². The molecular formula is C20H22O3S. The fourth-order valence-electron chi connectivity index (χ4n) is 1.92. The molecule has 0 atom stereocenters. The van der Waals surface area contributed by atoms with Gasteiger partial charge in [-0.2, -0.15) is 0 Å². The number of ketones is 1.